The van der Waals surface area contributed by atoms with Gasteiger partial charge in [0.05, 0.1) is 12.2 Å². The molecule has 1 saturated carbocycles. The summed E-state index contributed by atoms with van der Waals surface area (Å²) in [5.41, 5.74) is -0.717. The summed E-state index contributed by atoms with van der Waals surface area (Å²) in [4.78, 5) is 10.4. The fourth-order valence-corrected chi connectivity index (χ4v) is 1.91. The molecule has 0 spiro atoms. The van der Waals surface area contributed by atoms with Crippen molar-refractivity contribution in [3.8, 4) is 5.75 Å². The number of aliphatic carboxylic acids is 1. The molecule has 0 bridgehead atoms. The lowest BCUT2D eigenvalue weighted by atomic mass is 10.1. The molecule has 1 aliphatic carbocycles. The number of carboxylic acid groups (broad SMARTS) is 1. The van der Waals surface area contributed by atoms with Crippen molar-refractivity contribution in [2.75, 3.05) is 6.61 Å². The molecule has 21 heavy (non-hydrogen) atoms. The minimum Gasteiger partial charge on any atom is -0.493 e. The van der Waals surface area contributed by atoms with Gasteiger partial charge in [-0.25, -0.2) is 4.79 Å². The van der Waals surface area contributed by atoms with Gasteiger partial charge in [-0.3, -0.25) is 0 Å². The van der Waals surface area contributed by atoms with Crippen molar-refractivity contribution in [3.63, 3.8) is 0 Å². The fourth-order valence-electron chi connectivity index (χ4n) is 1.91. The van der Waals surface area contributed by atoms with E-state index >= 15 is 0 Å². The average Bonchev–Trinajstić information content (AvgIpc) is 3.20. The van der Waals surface area contributed by atoms with Crippen LogP contribution in [-0.2, 0) is 11.0 Å². The quantitative estimate of drug-likeness (QED) is 0.808. The second-order valence-corrected chi connectivity index (χ2v) is 5.01. The van der Waals surface area contributed by atoms with Crippen LogP contribution in [0.2, 0.25) is 0 Å². The third kappa shape index (κ3) is 4.81. The molecule has 0 heterocycles. The Bertz CT molecular complexity index is 546. The molecule has 0 atom stereocenters. The number of carbonyl (C=O) groups is 1. The summed E-state index contributed by atoms with van der Waals surface area (Å²) in [5, 5.41) is 8.50. The molecule has 0 amide bonds. The maximum atomic E-state index is 13.0. The van der Waals surface area contributed by atoms with Crippen LogP contribution >= 0.6 is 0 Å². The SMILES string of the molecule is O=C(O)C=Cc1ccc(OCCC2CC2)c(C(F)(F)F)c1. The first kappa shape index (κ1) is 15.4. The highest BCUT2D eigenvalue weighted by Gasteiger charge is 2.34. The number of hydrogen-bond donors (Lipinski definition) is 1. The second kappa shape index (κ2) is 6.20. The lowest BCUT2D eigenvalue weighted by Gasteiger charge is -2.14. The van der Waals surface area contributed by atoms with E-state index in [0.29, 0.717) is 5.92 Å². The van der Waals surface area contributed by atoms with Crippen molar-refractivity contribution in [2.24, 2.45) is 5.92 Å². The van der Waals surface area contributed by atoms with E-state index in [-0.39, 0.29) is 17.9 Å². The van der Waals surface area contributed by atoms with Gasteiger partial charge in [-0.15, -0.1) is 0 Å². The molecule has 0 aromatic heterocycles. The fraction of sp³-hybridized carbons (Fsp3) is 0.400. The molecule has 0 saturated heterocycles. The van der Waals surface area contributed by atoms with E-state index in [1.165, 1.54) is 12.1 Å². The largest absolute Gasteiger partial charge is 0.493 e. The summed E-state index contributed by atoms with van der Waals surface area (Å²) in [6.07, 6.45) is 0.372. The number of hydrogen-bond acceptors (Lipinski definition) is 2. The minimum absolute atomic E-state index is 0.166. The Balaban J connectivity index is 2.16. The highest BCUT2D eigenvalue weighted by Crippen LogP contribution is 2.38. The molecular formula is C15H15F3O3. The topological polar surface area (TPSA) is 46.5 Å². The van der Waals surface area contributed by atoms with Crippen LogP contribution in [0.15, 0.2) is 24.3 Å². The van der Waals surface area contributed by atoms with Crippen LogP contribution in [-0.4, -0.2) is 17.7 Å². The number of carboxylic acids is 1. The van der Waals surface area contributed by atoms with Gasteiger partial charge in [0.1, 0.15) is 5.75 Å². The van der Waals surface area contributed by atoms with Crippen LogP contribution in [0.4, 0.5) is 13.2 Å². The summed E-state index contributed by atoms with van der Waals surface area (Å²) >= 11 is 0. The van der Waals surface area contributed by atoms with E-state index in [9.17, 15) is 18.0 Å². The third-order valence-corrected chi connectivity index (χ3v) is 3.21. The Morgan fingerprint density at radius 3 is 2.67 bits per heavy atom. The summed E-state index contributed by atoms with van der Waals surface area (Å²) in [6.45, 7) is 0.262. The molecule has 1 N–H and O–H groups in total. The van der Waals surface area contributed by atoms with Gasteiger partial charge in [-0.1, -0.05) is 18.9 Å². The van der Waals surface area contributed by atoms with Crippen LogP contribution < -0.4 is 4.74 Å². The predicted octanol–water partition coefficient (Wildman–Crippen LogP) is 3.98. The first-order valence-corrected chi connectivity index (χ1v) is 6.61. The van der Waals surface area contributed by atoms with Gasteiger partial charge < -0.3 is 9.84 Å². The molecule has 3 nitrogen and oxygen atoms in total. The van der Waals surface area contributed by atoms with Crippen molar-refractivity contribution in [3.05, 3.63) is 35.4 Å². The zero-order valence-corrected chi connectivity index (χ0v) is 11.2. The van der Waals surface area contributed by atoms with Crippen molar-refractivity contribution < 1.29 is 27.8 Å². The summed E-state index contributed by atoms with van der Waals surface area (Å²) in [6, 6.07) is 3.53. The van der Waals surface area contributed by atoms with E-state index in [1.807, 2.05) is 0 Å². The monoisotopic (exact) mass is 300 g/mol. The van der Waals surface area contributed by atoms with Crippen molar-refractivity contribution in [1.29, 1.82) is 0 Å². The number of rotatable bonds is 6. The average molecular weight is 300 g/mol. The van der Waals surface area contributed by atoms with Crippen LogP contribution in [0, 0.1) is 5.92 Å². The predicted molar refractivity (Wildman–Crippen MR) is 70.9 cm³/mol. The van der Waals surface area contributed by atoms with E-state index < -0.39 is 17.7 Å². The van der Waals surface area contributed by atoms with E-state index in [0.717, 1.165) is 37.5 Å². The van der Waals surface area contributed by atoms with Crippen molar-refractivity contribution in [1.82, 2.24) is 0 Å². The zero-order valence-electron chi connectivity index (χ0n) is 11.2. The lowest BCUT2D eigenvalue weighted by molar-refractivity contribution is -0.139. The molecule has 1 aromatic rings. The Kier molecular flexibility index (Phi) is 4.55. The molecule has 1 fully saturated rings. The summed E-state index contributed by atoms with van der Waals surface area (Å²) in [7, 11) is 0. The van der Waals surface area contributed by atoms with Gasteiger partial charge in [-0.05, 0) is 36.1 Å². The maximum Gasteiger partial charge on any atom is 0.419 e. The molecule has 0 aliphatic heterocycles. The summed E-state index contributed by atoms with van der Waals surface area (Å²) in [5.74, 6) is -0.846. The van der Waals surface area contributed by atoms with Gasteiger partial charge >= 0.3 is 12.1 Å². The Hall–Kier alpha value is -1.98. The van der Waals surface area contributed by atoms with Crippen LogP contribution in [0.1, 0.15) is 30.4 Å². The molecular weight excluding hydrogens is 285 g/mol. The van der Waals surface area contributed by atoms with Gasteiger partial charge in [-0.2, -0.15) is 13.2 Å². The molecule has 114 valence electrons. The Labute approximate surface area is 120 Å². The normalized spacial score (nSPS) is 15.4. The van der Waals surface area contributed by atoms with Crippen molar-refractivity contribution >= 4 is 12.0 Å². The van der Waals surface area contributed by atoms with Crippen molar-refractivity contribution in [2.45, 2.75) is 25.4 Å². The first-order valence-electron chi connectivity index (χ1n) is 6.61. The van der Waals surface area contributed by atoms with E-state index in [1.54, 1.807) is 0 Å². The van der Waals surface area contributed by atoms with Crippen LogP contribution in [0.3, 0.4) is 0 Å². The number of halogens is 3. The Morgan fingerprint density at radius 2 is 2.10 bits per heavy atom. The second-order valence-electron chi connectivity index (χ2n) is 5.01. The number of benzene rings is 1. The Morgan fingerprint density at radius 1 is 1.38 bits per heavy atom. The standard InChI is InChI=1S/C15H15F3O3/c16-15(17,18)12-9-11(4-6-14(19)20)3-5-13(12)21-8-7-10-1-2-10/h3-6,9-10H,1-2,7-8H2,(H,19,20). The molecule has 1 aromatic carbocycles. The van der Waals surface area contributed by atoms with E-state index in [4.69, 9.17) is 9.84 Å². The minimum atomic E-state index is -4.54. The highest BCUT2D eigenvalue weighted by molar-refractivity contribution is 5.85. The number of alkyl halides is 3. The maximum absolute atomic E-state index is 13.0. The number of ether oxygens (including phenoxy) is 1. The van der Waals surface area contributed by atoms with Gasteiger partial charge in [0.15, 0.2) is 0 Å². The first-order chi connectivity index (χ1) is 9.86. The zero-order chi connectivity index (χ0) is 15.5. The smallest absolute Gasteiger partial charge is 0.419 e. The molecule has 0 unspecified atom stereocenters. The van der Waals surface area contributed by atoms with Crippen LogP contribution in [0.5, 0.6) is 5.75 Å². The van der Waals surface area contributed by atoms with Crippen LogP contribution in [0.25, 0.3) is 6.08 Å². The van der Waals surface area contributed by atoms with Gasteiger partial charge in [0, 0.05) is 6.08 Å². The van der Waals surface area contributed by atoms with Gasteiger partial charge in [0.2, 0.25) is 0 Å². The highest BCUT2D eigenvalue weighted by atomic mass is 19.4. The van der Waals surface area contributed by atoms with E-state index in [2.05, 4.69) is 0 Å². The molecule has 0 radical (unpaired) electrons. The molecule has 6 heteroatoms. The lowest BCUT2D eigenvalue weighted by Crippen LogP contribution is -2.10. The molecule has 1 aliphatic rings. The molecule has 2 rings (SSSR count). The summed E-state index contributed by atoms with van der Waals surface area (Å²) < 4.78 is 44.2. The third-order valence-electron chi connectivity index (χ3n) is 3.21. The van der Waals surface area contributed by atoms with Gasteiger partial charge in [0.25, 0.3) is 0 Å².